The van der Waals surface area contributed by atoms with Crippen molar-refractivity contribution in [2.75, 3.05) is 11.3 Å². The topological polar surface area (TPSA) is 92.7 Å². The van der Waals surface area contributed by atoms with Crippen LogP contribution in [-0.4, -0.2) is 26.1 Å². The highest BCUT2D eigenvalue weighted by atomic mass is 32.2. The molecule has 0 saturated carbocycles. The Morgan fingerprint density at radius 1 is 1.15 bits per heavy atom. The molecule has 0 aliphatic heterocycles. The summed E-state index contributed by atoms with van der Waals surface area (Å²) >= 11 is 0. The maximum Gasteiger partial charge on any atom is 0.337 e. The van der Waals surface area contributed by atoms with Gasteiger partial charge in [-0.25, -0.2) is 13.2 Å². The van der Waals surface area contributed by atoms with Crippen LogP contribution >= 0.6 is 0 Å². The first-order valence-electron chi connectivity index (χ1n) is 8.18. The van der Waals surface area contributed by atoms with Crippen molar-refractivity contribution in [2.24, 2.45) is 0 Å². The summed E-state index contributed by atoms with van der Waals surface area (Å²) in [6, 6.07) is 10.5. The molecule has 0 amide bonds. The van der Waals surface area contributed by atoms with Crippen molar-refractivity contribution in [1.29, 1.82) is 0 Å². The van der Waals surface area contributed by atoms with Crippen LogP contribution < -0.4 is 9.46 Å². The van der Waals surface area contributed by atoms with Crippen LogP contribution in [0.3, 0.4) is 0 Å². The van der Waals surface area contributed by atoms with E-state index in [1.807, 2.05) is 27.7 Å². The fraction of sp³-hybridized carbons (Fsp3) is 0.316. The van der Waals surface area contributed by atoms with E-state index in [1.165, 1.54) is 24.3 Å². The van der Waals surface area contributed by atoms with Crippen LogP contribution in [0.15, 0.2) is 47.4 Å². The van der Waals surface area contributed by atoms with Crippen molar-refractivity contribution in [3.63, 3.8) is 0 Å². The summed E-state index contributed by atoms with van der Waals surface area (Å²) in [5.74, 6) is -0.574. The van der Waals surface area contributed by atoms with Crippen molar-refractivity contribution < 1.29 is 23.1 Å². The Morgan fingerprint density at radius 3 is 2.38 bits per heavy atom. The van der Waals surface area contributed by atoms with Crippen LogP contribution in [0.4, 0.5) is 5.69 Å². The fourth-order valence-electron chi connectivity index (χ4n) is 2.51. The Hall–Kier alpha value is -2.54. The highest BCUT2D eigenvalue weighted by Crippen LogP contribution is 2.34. The van der Waals surface area contributed by atoms with E-state index in [2.05, 4.69) is 4.72 Å². The van der Waals surface area contributed by atoms with Gasteiger partial charge in [-0.3, -0.25) is 4.72 Å². The maximum absolute atomic E-state index is 12.8. The molecule has 26 heavy (non-hydrogen) atoms. The second-order valence-corrected chi connectivity index (χ2v) is 8.48. The summed E-state index contributed by atoms with van der Waals surface area (Å²) in [5, 5.41) is 9.23. The summed E-state index contributed by atoms with van der Waals surface area (Å²) in [6.07, 6.45) is 0. The van der Waals surface area contributed by atoms with Gasteiger partial charge in [-0.2, -0.15) is 0 Å². The fourth-order valence-corrected chi connectivity index (χ4v) is 3.61. The lowest BCUT2D eigenvalue weighted by Gasteiger charge is -2.23. The molecule has 0 radical (unpaired) electrons. The molecule has 2 aromatic carbocycles. The molecule has 0 aromatic heterocycles. The van der Waals surface area contributed by atoms with Crippen molar-refractivity contribution in [3.8, 4) is 5.75 Å². The molecule has 2 aromatic rings. The zero-order valence-electron chi connectivity index (χ0n) is 15.2. The van der Waals surface area contributed by atoms with Gasteiger partial charge in [-0.1, -0.05) is 32.9 Å². The maximum atomic E-state index is 12.8. The lowest BCUT2D eigenvalue weighted by molar-refractivity contribution is 0.0698. The molecule has 140 valence electrons. The Balaban J connectivity index is 2.49. The van der Waals surface area contributed by atoms with Gasteiger partial charge in [0.1, 0.15) is 5.75 Å². The van der Waals surface area contributed by atoms with Crippen molar-refractivity contribution in [1.82, 2.24) is 0 Å². The van der Waals surface area contributed by atoms with E-state index in [0.29, 0.717) is 12.4 Å². The Bertz CT molecular complexity index is 914. The molecule has 7 heteroatoms. The summed E-state index contributed by atoms with van der Waals surface area (Å²) in [5.41, 5.74) is 0.340. The summed E-state index contributed by atoms with van der Waals surface area (Å²) in [6.45, 7) is 8.23. The molecule has 0 unspecified atom stereocenters. The monoisotopic (exact) mass is 377 g/mol. The van der Waals surface area contributed by atoms with E-state index in [-0.39, 0.29) is 21.6 Å². The molecule has 0 aliphatic carbocycles. The van der Waals surface area contributed by atoms with E-state index in [4.69, 9.17) is 4.74 Å². The van der Waals surface area contributed by atoms with Gasteiger partial charge < -0.3 is 9.84 Å². The van der Waals surface area contributed by atoms with Crippen LogP contribution in [0, 0.1) is 0 Å². The van der Waals surface area contributed by atoms with E-state index >= 15 is 0 Å². The minimum Gasteiger partial charge on any atom is -0.494 e. The number of rotatable bonds is 6. The van der Waals surface area contributed by atoms with Crippen LogP contribution in [0.2, 0.25) is 0 Å². The Labute approximate surface area is 153 Å². The third kappa shape index (κ3) is 4.35. The predicted octanol–water partition coefficient (Wildman–Crippen LogP) is 3.88. The quantitative estimate of drug-likeness (QED) is 0.797. The number of ether oxygens (including phenoxy) is 1. The van der Waals surface area contributed by atoms with Gasteiger partial charge in [-0.05, 0) is 42.7 Å². The molecular weight excluding hydrogens is 354 g/mol. The van der Waals surface area contributed by atoms with Crippen molar-refractivity contribution in [3.05, 3.63) is 53.6 Å². The molecule has 0 bridgehead atoms. The first-order valence-corrected chi connectivity index (χ1v) is 9.67. The number of anilines is 1. The smallest absolute Gasteiger partial charge is 0.337 e. The second kappa shape index (κ2) is 7.37. The third-order valence-electron chi connectivity index (χ3n) is 3.77. The molecule has 0 atom stereocenters. The number of sulfonamides is 1. The predicted molar refractivity (Wildman–Crippen MR) is 101 cm³/mol. The molecule has 0 fully saturated rings. The SMILES string of the molecule is CCOc1ccc(S(=O)(=O)Nc2ccccc2C(=O)O)cc1C(C)(C)C. The van der Waals surface area contributed by atoms with Crippen LogP contribution in [0.1, 0.15) is 43.6 Å². The number of nitrogens with one attached hydrogen (secondary N) is 1. The van der Waals surface area contributed by atoms with Crippen LogP contribution in [0.5, 0.6) is 5.75 Å². The number of hydrogen-bond donors (Lipinski definition) is 2. The molecule has 6 nitrogen and oxygen atoms in total. The number of aromatic carboxylic acids is 1. The average molecular weight is 377 g/mol. The second-order valence-electron chi connectivity index (χ2n) is 6.80. The largest absolute Gasteiger partial charge is 0.494 e. The van der Waals surface area contributed by atoms with Crippen molar-refractivity contribution >= 4 is 21.7 Å². The number of carbonyl (C=O) groups is 1. The summed E-state index contributed by atoms with van der Waals surface area (Å²) < 4.78 is 33.5. The first-order chi connectivity index (χ1) is 12.1. The molecular formula is C19H23NO5S. The Morgan fingerprint density at radius 2 is 1.81 bits per heavy atom. The third-order valence-corrected chi connectivity index (χ3v) is 5.13. The van der Waals surface area contributed by atoms with Gasteiger partial charge in [0, 0.05) is 5.56 Å². The molecule has 2 N–H and O–H groups in total. The first kappa shape index (κ1) is 19.8. The minimum absolute atomic E-state index is 0.0196. The minimum atomic E-state index is -3.95. The van der Waals surface area contributed by atoms with Crippen LogP contribution in [-0.2, 0) is 15.4 Å². The van der Waals surface area contributed by atoms with Crippen LogP contribution in [0.25, 0.3) is 0 Å². The number of carboxylic acids is 1. The molecule has 0 heterocycles. The van der Waals surface area contributed by atoms with E-state index in [9.17, 15) is 18.3 Å². The van der Waals surface area contributed by atoms with Gasteiger partial charge in [0.2, 0.25) is 0 Å². The average Bonchev–Trinajstić information content (AvgIpc) is 2.54. The number of benzene rings is 2. The summed E-state index contributed by atoms with van der Waals surface area (Å²) in [7, 11) is -3.95. The molecule has 0 saturated heterocycles. The highest BCUT2D eigenvalue weighted by Gasteiger charge is 2.24. The van der Waals surface area contributed by atoms with E-state index < -0.39 is 16.0 Å². The zero-order valence-corrected chi connectivity index (χ0v) is 16.1. The van der Waals surface area contributed by atoms with Gasteiger partial charge in [-0.15, -0.1) is 0 Å². The standard InChI is InChI=1S/C19H23NO5S/c1-5-25-17-11-10-13(12-15(17)19(2,3)4)26(23,24)20-16-9-7-6-8-14(16)18(21)22/h6-12,20H,5H2,1-4H3,(H,21,22). The molecule has 0 spiro atoms. The number of para-hydroxylation sites is 1. The van der Waals surface area contributed by atoms with Gasteiger partial charge in [0.25, 0.3) is 10.0 Å². The lowest BCUT2D eigenvalue weighted by atomic mass is 9.86. The molecule has 0 aliphatic rings. The van der Waals surface area contributed by atoms with E-state index in [1.54, 1.807) is 18.2 Å². The van der Waals surface area contributed by atoms with E-state index in [0.717, 1.165) is 5.56 Å². The zero-order chi connectivity index (χ0) is 19.5. The summed E-state index contributed by atoms with van der Waals surface area (Å²) in [4.78, 5) is 11.3. The lowest BCUT2D eigenvalue weighted by Crippen LogP contribution is -2.18. The molecule has 2 rings (SSSR count). The van der Waals surface area contributed by atoms with Gasteiger partial charge >= 0.3 is 5.97 Å². The number of hydrogen-bond acceptors (Lipinski definition) is 4. The highest BCUT2D eigenvalue weighted by molar-refractivity contribution is 7.92. The van der Waals surface area contributed by atoms with Gasteiger partial charge in [0.05, 0.1) is 22.8 Å². The normalized spacial score (nSPS) is 11.8. The van der Waals surface area contributed by atoms with Gasteiger partial charge in [0.15, 0.2) is 0 Å². The van der Waals surface area contributed by atoms with Crippen molar-refractivity contribution in [2.45, 2.75) is 38.0 Å². The Kier molecular flexibility index (Phi) is 5.61. The number of carboxylic acid groups (broad SMARTS) is 1.